The molecule has 1 saturated heterocycles. The third-order valence-electron chi connectivity index (χ3n) is 6.34. The lowest BCUT2D eigenvalue weighted by Crippen LogP contribution is -2.61. The van der Waals surface area contributed by atoms with Crippen LogP contribution in [0.5, 0.6) is 5.75 Å². The first-order chi connectivity index (χ1) is 16.4. The number of amides is 1. The lowest BCUT2D eigenvalue weighted by atomic mass is 9.97. The highest BCUT2D eigenvalue weighted by molar-refractivity contribution is 7.99. The second-order valence-electron chi connectivity index (χ2n) is 8.27. The number of nitrogens with zero attached hydrogens (tertiary/aromatic N) is 3. The van der Waals surface area contributed by atoms with Gasteiger partial charge in [0.1, 0.15) is 11.6 Å². The zero-order valence-corrected chi connectivity index (χ0v) is 19.8. The molecule has 0 spiro atoms. The van der Waals surface area contributed by atoms with Crippen LogP contribution in [0.15, 0.2) is 60.0 Å². The molecule has 2 N–H and O–H groups in total. The van der Waals surface area contributed by atoms with E-state index in [0.717, 1.165) is 10.8 Å². The van der Waals surface area contributed by atoms with Crippen LogP contribution in [0.1, 0.15) is 0 Å². The van der Waals surface area contributed by atoms with Crippen molar-refractivity contribution in [2.75, 3.05) is 37.1 Å². The molecule has 2 aliphatic rings. The van der Waals surface area contributed by atoms with Gasteiger partial charge in [0.25, 0.3) is 0 Å². The number of anilines is 1. The lowest BCUT2D eigenvalue weighted by Gasteiger charge is -2.45. The molecule has 0 unspecified atom stereocenters. The first kappa shape index (κ1) is 23.0. The highest BCUT2D eigenvalue weighted by atomic mass is 35.5. The van der Waals surface area contributed by atoms with Crippen LogP contribution in [0.4, 0.5) is 10.1 Å². The minimum atomic E-state index is -0.438. The molecule has 5 rings (SSSR count). The van der Waals surface area contributed by atoms with Crippen LogP contribution in [0.2, 0.25) is 5.02 Å². The van der Waals surface area contributed by atoms with Crippen molar-refractivity contribution in [2.24, 2.45) is 0 Å². The summed E-state index contributed by atoms with van der Waals surface area (Å²) in [5.74, 6) is -0.117. The van der Waals surface area contributed by atoms with Gasteiger partial charge in [0.05, 0.1) is 34.1 Å². The van der Waals surface area contributed by atoms with Crippen LogP contribution >= 0.6 is 23.4 Å². The van der Waals surface area contributed by atoms with Gasteiger partial charge in [-0.15, -0.1) is 0 Å². The number of fused-ring (bicyclic) bond motifs is 2. The maximum absolute atomic E-state index is 16.0. The van der Waals surface area contributed by atoms with E-state index in [9.17, 15) is 15.0 Å². The maximum atomic E-state index is 16.0. The molecule has 0 bridgehead atoms. The van der Waals surface area contributed by atoms with E-state index in [4.69, 9.17) is 11.6 Å². The first-order valence-corrected chi connectivity index (χ1v) is 12.2. The number of carbonyl (C=O) groups excluding carboxylic acids is 1. The summed E-state index contributed by atoms with van der Waals surface area (Å²) in [6.45, 7) is 4.70. The second kappa shape index (κ2) is 9.11. The minimum Gasteiger partial charge on any atom is -0.508 e. The summed E-state index contributed by atoms with van der Waals surface area (Å²) in [5, 5.41) is 26.0. The summed E-state index contributed by atoms with van der Waals surface area (Å²) in [6, 6.07) is 12.0. The van der Waals surface area contributed by atoms with Crippen molar-refractivity contribution >= 4 is 45.7 Å². The van der Waals surface area contributed by atoms with Gasteiger partial charge in [-0.1, -0.05) is 54.2 Å². The quantitative estimate of drug-likeness (QED) is 0.516. The number of thioether (sulfide) groups is 1. The van der Waals surface area contributed by atoms with Crippen molar-refractivity contribution in [1.82, 2.24) is 9.91 Å². The molecule has 3 aromatic carbocycles. The first-order valence-electron chi connectivity index (χ1n) is 10.9. The molecule has 1 amide bonds. The van der Waals surface area contributed by atoms with Crippen LogP contribution in [0.3, 0.4) is 0 Å². The van der Waals surface area contributed by atoms with Crippen LogP contribution in [-0.2, 0) is 4.79 Å². The number of hydrazine groups is 1. The predicted molar refractivity (Wildman–Crippen MR) is 134 cm³/mol. The zero-order chi connectivity index (χ0) is 24.0. The third kappa shape index (κ3) is 3.80. The smallest absolute Gasteiger partial charge is 0.246 e. The fourth-order valence-electron chi connectivity index (χ4n) is 4.72. The molecule has 3 aromatic rings. The van der Waals surface area contributed by atoms with Gasteiger partial charge >= 0.3 is 0 Å². The fraction of sp³-hybridized carbons (Fsp3) is 0.240. The number of aliphatic hydroxyl groups excluding tert-OH is 1. The Morgan fingerprint density at radius 1 is 1.26 bits per heavy atom. The number of carbonyl (C=O) groups is 1. The molecule has 0 saturated carbocycles. The Morgan fingerprint density at radius 2 is 2.06 bits per heavy atom. The van der Waals surface area contributed by atoms with Gasteiger partial charge in [-0.2, -0.15) is 0 Å². The Morgan fingerprint density at radius 3 is 2.82 bits per heavy atom. The topological polar surface area (TPSA) is 67.3 Å². The number of phenols is 1. The van der Waals surface area contributed by atoms with Gasteiger partial charge < -0.3 is 15.1 Å². The van der Waals surface area contributed by atoms with Crippen molar-refractivity contribution in [1.29, 1.82) is 0 Å². The number of aromatic hydroxyl groups is 1. The number of rotatable bonds is 4. The van der Waals surface area contributed by atoms with Crippen molar-refractivity contribution in [3.05, 3.63) is 66.0 Å². The van der Waals surface area contributed by atoms with E-state index < -0.39 is 5.82 Å². The molecule has 1 fully saturated rings. The van der Waals surface area contributed by atoms with E-state index in [-0.39, 0.29) is 34.9 Å². The van der Waals surface area contributed by atoms with Gasteiger partial charge in [0, 0.05) is 25.2 Å². The average molecular weight is 500 g/mol. The van der Waals surface area contributed by atoms with Crippen LogP contribution in [0, 0.1) is 5.82 Å². The molecule has 0 aromatic heterocycles. The Bertz CT molecular complexity index is 1300. The van der Waals surface area contributed by atoms with Gasteiger partial charge in [0.2, 0.25) is 5.91 Å². The number of aliphatic hydroxyl groups is 1. The number of hydrogen-bond donors (Lipinski definition) is 2. The normalized spacial score (nSPS) is 18.4. The minimum absolute atomic E-state index is 0.0386. The summed E-state index contributed by atoms with van der Waals surface area (Å²) in [7, 11) is 0. The summed E-state index contributed by atoms with van der Waals surface area (Å²) in [6.07, 6.45) is 1.27. The molecule has 176 valence electrons. The summed E-state index contributed by atoms with van der Waals surface area (Å²) < 4.78 is 16.0. The molecule has 0 aliphatic carbocycles. The number of hydrogen-bond acceptors (Lipinski definition) is 6. The summed E-state index contributed by atoms with van der Waals surface area (Å²) in [4.78, 5) is 14.2. The maximum Gasteiger partial charge on any atom is 0.246 e. The molecular formula is C25H23ClFN3O3S. The van der Waals surface area contributed by atoms with E-state index in [1.54, 1.807) is 17.0 Å². The standard InChI is InChI=1S/C25H23ClFN3O3S/c1-2-22(33)28-7-8-29(16(12-28)13-31)30-14-34-25-21(30)11-20(26)23(24(25)27)19-10-17(32)9-15-5-3-4-6-18(15)19/h2-6,9-11,16,31-32H,1,7-8,12-14H2/t16-/m1/s1. The molecule has 9 heteroatoms. The molecular weight excluding hydrogens is 477 g/mol. The van der Waals surface area contributed by atoms with Gasteiger partial charge in [-0.3, -0.25) is 9.80 Å². The zero-order valence-electron chi connectivity index (χ0n) is 18.2. The van der Waals surface area contributed by atoms with Gasteiger partial charge in [0.15, 0.2) is 0 Å². The Hall–Kier alpha value is -2.78. The number of piperazine rings is 1. The highest BCUT2D eigenvalue weighted by Crippen LogP contribution is 2.49. The number of phenolic OH excluding ortho intramolecular Hbond substituents is 1. The van der Waals surface area contributed by atoms with E-state index in [1.165, 1.54) is 23.9 Å². The van der Waals surface area contributed by atoms with Gasteiger partial charge in [-0.05, 0) is 40.6 Å². The predicted octanol–water partition coefficient (Wildman–Crippen LogP) is 4.48. The van der Waals surface area contributed by atoms with E-state index in [1.807, 2.05) is 34.3 Å². The monoisotopic (exact) mass is 499 g/mol. The van der Waals surface area contributed by atoms with Crippen molar-refractivity contribution in [3.8, 4) is 16.9 Å². The Labute approximate surface area is 205 Å². The van der Waals surface area contributed by atoms with Crippen molar-refractivity contribution in [2.45, 2.75) is 10.9 Å². The van der Waals surface area contributed by atoms with Crippen molar-refractivity contribution < 1.29 is 19.4 Å². The summed E-state index contributed by atoms with van der Waals surface area (Å²) in [5.41, 5.74) is 1.41. The molecule has 1 atom stereocenters. The fourth-order valence-corrected chi connectivity index (χ4v) is 6.09. The highest BCUT2D eigenvalue weighted by Gasteiger charge is 2.37. The number of halogens is 2. The van der Waals surface area contributed by atoms with Crippen LogP contribution in [-0.4, -0.2) is 64.2 Å². The molecule has 6 nitrogen and oxygen atoms in total. The summed E-state index contributed by atoms with van der Waals surface area (Å²) >= 11 is 8.03. The SMILES string of the molecule is C=CC(=O)N1CCN(N2CSc3c2cc(Cl)c(-c2cc(O)cc4ccccc24)c3F)[C@@H](CO)C1. The van der Waals surface area contributed by atoms with E-state index in [0.29, 0.717) is 41.7 Å². The molecule has 0 radical (unpaired) electrons. The largest absolute Gasteiger partial charge is 0.508 e. The molecule has 2 heterocycles. The average Bonchev–Trinajstić information content (AvgIpc) is 3.26. The van der Waals surface area contributed by atoms with Crippen LogP contribution < -0.4 is 5.01 Å². The molecule has 2 aliphatic heterocycles. The van der Waals surface area contributed by atoms with Crippen molar-refractivity contribution in [3.63, 3.8) is 0 Å². The van der Waals surface area contributed by atoms with Crippen LogP contribution in [0.25, 0.3) is 21.9 Å². The van der Waals surface area contributed by atoms with E-state index >= 15 is 4.39 Å². The number of benzene rings is 3. The van der Waals surface area contributed by atoms with Gasteiger partial charge in [-0.25, -0.2) is 9.40 Å². The van der Waals surface area contributed by atoms with E-state index in [2.05, 4.69) is 6.58 Å². The Kier molecular flexibility index (Phi) is 6.16. The lowest BCUT2D eigenvalue weighted by molar-refractivity contribution is -0.129. The second-order valence-corrected chi connectivity index (χ2v) is 9.63. The Balaban J connectivity index is 1.54. The third-order valence-corrected chi connectivity index (χ3v) is 7.69. The molecule has 34 heavy (non-hydrogen) atoms.